The van der Waals surface area contributed by atoms with E-state index < -0.39 is 0 Å². The highest BCUT2D eigenvalue weighted by Gasteiger charge is 2.04. The topological polar surface area (TPSA) is 55.1 Å². The van der Waals surface area contributed by atoms with Gasteiger partial charge in [0.1, 0.15) is 0 Å². The number of carbonyl (C=O) groups is 1. The summed E-state index contributed by atoms with van der Waals surface area (Å²) in [5, 5.41) is 3.04. The molecule has 0 bridgehead atoms. The van der Waals surface area contributed by atoms with Gasteiger partial charge in [-0.2, -0.15) is 0 Å². The molecule has 4 heteroatoms. The number of nitrogens with one attached hydrogen (secondary N) is 1. The van der Waals surface area contributed by atoms with Crippen LogP contribution in [0, 0.1) is 0 Å². The maximum absolute atomic E-state index is 11.5. The minimum Gasteiger partial charge on any atom is -0.347 e. The highest BCUT2D eigenvalue weighted by Crippen LogP contribution is 2.04. The van der Waals surface area contributed by atoms with Gasteiger partial charge in [-0.1, -0.05) is 30.3 Å². The quantitative estimate of drug-likeness (QED) is 0.817. The molecular weight excluding hydrogens is 212 g/mol. The van der Waals surface area contributed by atoms with E-state index in [-0.39, 0.29) is 12.5 Å². The van der Waals surface area contributed by atoms with Gasteiger partial charge in [0.25, 0.3) is 5.91 Å². The highest BCUT2D eigenvalue weighted by atomic mass is 35.5. The van der Waals surface area contributed by atoms with E-state index in [4.69, 9.17) is 17.3 Å². The third-order valence-electron chi connectivity index (χ3n) is 1.89. The van der Waals surface area contributed by atoms with Gasteiger partial charge in [0.05, 0.1) is 6.54 Å². The van der Waals surface area contributed by atoms with Crippen LogP contribution in [-0.4, -0.2) is 12.5 Å². The Kier molecular flexibility index (Phi) is 4.34. The third-order valence-corrected chi connectivity index (χ3v) is 2.03. The molecule has 0 unspecified atom stereocenters. The highest BCUT2D eigenvalue weighted by molar-refractivity contribution is 6.29. The van der Waals surface area contributed by atoms with E-state index in [1.54, 1.807) is 12.1 Å². The molecule has 0 saturated carbocycles. The normalized spacial score (nSPS) is 9.73. The molecule has 3 N–H and O–H groups in total. The fourth-order valence-electron chi connectivity index (χ4n) is 1.07. The summed E-state index contributed by atoms with van der Waals surface area (Å²) in [6.07, 6.45) is 0. The molecule has 0 fully saturated rings. The van der Waals surface area contributed by atoms with Crippen LogP contribution in [0.3, 0.4) is 0 Å². The Morgan fingerprint density at radius 1 is 1.40 bits per heavy atom. The Bertz CT molecular complexity index is 359. The average molecular weight is 225 g/mol. The SMILES string of the molecule is C=C(Cl)CNC(=O)c1ccc(CN)cc1. The van der Waals surface area contributed by atoms with Crippen LogP contribution in [-0.2, 0) is 6.54 Å². The maximum atomic E-state index is 11.5. The van der Waals surface area contributed by atoms with E-state index in [1.165, 1.54) is 0 Å². The molecule has 3 nitrogen and oxygen atoms in total. The Morgan fingerprint density at radius 3 is 2.47 bits per heavy atom. The lowest BCUT2D eigenvalue weighted by Gasteiger charge is -2.04. The van der Waals surface area contributed by atoms with Gasteiger partial charge in [-0.15, -0.1) is 0 Å². The summed E-state index contributed by atoms with van der Waals surface area (Å²) in [5.74, 6) is -0.166. The summed E-state index contributed by atoms with van der Waals surface area (Å²) in [6, 6.07) is 7.11. The average Bonchev–Trinajstić information content (AvgIpc) is 2.26. The van der Waals surface area contributed by atoms with Crippen molar-refractivity contribution in [3.63, 3.8) is 0 Å². The number of benzene rings is 1. The monoisotopic (exact) mass is 224 g/mol. The second-order valence-electron chi connectivity index (χ2n) is 3.10. The zero-order valence-corrected chi connectivity index (χ0v) is 9.05. The van der Waals surface area contributed by atoms with Gasteiger partial charge in [-0.05, 0) is 17.7 Å². The molecule has 80 valence electrons. The number of rotatable bonds is 4. The molecule has 0 aliphatic carbocycles. The van der Waals surface area contributed by atoms with Crippen molar-refractivity contribution < 1.29 is 4.79 Å². The molecule has 0 atom stereocenters. The van der Waals surface area contributed by atoms with Gasteiger partial charge >= 0.3 is 0 Å². The van der Waals surface area contributed by atoms with Gasteiger partial charge in [0.2, 0.25) is 0 Å². The van der Waals surface area contributed by atoms with Crippen LogP contribution in [0.5, 0.6) is 0 Å². The molecule has 0 aromatic heterocycles. The van der Waals surface area contributed by atoms with Gasteiger partial charge in [0, 0.05) is 17.1 Å². The third kappa shape index (κ3) is 3.73. The molecule has 0 aliphatic rings. The van der Waals surface area contributed by atoms with Crippen molar-refractivity contribution in [2.45, 2.75) is 6.54 Å². The summed E-state index contributed by atoms with van der Waals surface area (Å²) < 4.78 is 0. The Hall–Kier alpha value is -1.32. The molecule has 0 saturated heterocycles. The first-order valence-corrected chi connectivity index (χ1v) is 4.91. The van der Waals surface area contributed by atoms with Crippen molar-refractivity contribution >= 4 is 17.5 Å². The molecule has 0 heterocycles. The summed E-state index contributed by atoms with van der Waals surface area (Å²) in [6.45, 7) is 4.23. The zero-order chi connectivity index (χ0) is 11.3. The van der Waals surface area contributed by atoms with E-state index in [0.29, 0.717) is 17.1 Å². The van der Waals surface area contributed by atoms with Crippen molar-refractivity contribution in [2.75, 3.05) is 6.54 Å². The first kappa shape index (κ1) is 11.8. The molecule has 1 aromatic carbocycles. The Balaban J connectivity index is 2.62. The van der Waals surface area contributed by atoms with Crippen LogP contribution in [0.2, 0.25) is 0 Å². The molecule has 1 rings (SSSR count). The molecule has 1 amide bonds. The first-order valence-electron chi connectivity index (χ1n) is 4.54. The number of hydrogen-bond acceptors (Lipinski definition) is 2. The summed E-state index contributed by atoms with van der Waals surface area (Å²) in [5.41, 5.74) is 7.03. The fourth-order valence-corrected chi connectivity index (χ4v) is 1.14. The molecule has 0 radical (unpaired) electrons. The fraction of sp³-hybridized carbons (Fsp3) is 0.182. The minimum absolute atomic E-state index is 0.166. The van der Waals surface area contributed by atoms with E-state index in [9.17, 15) is 4.79 Å². The number of halogens is 1. The Morgan fingerprint density at radius 2 is 2.00 bits per heavy atom. The van der Waals surface area contributed by atoms with Gasteiger partial charge < -0.3 is 11.1 Å². The van der Waals surface area contributed by atoms with E-state index in [0.717, 1.165) is 5.56 Å². The zero-order valence-electron chi connectivity index (χ0n) is 8.29. The lowest BCUT2D eigenvalue weighted by Crippen LogP contribution is -2.24. The number of hydrogen-bond donors (Lipinski definition) is 2. The van der Waals surface area contributed by atoms with Crippen LogP contribution in [0.15, 0.2) is 35.9 Å². The molecule has 15 heavy (non-hydrogen) atoms. The second kappa shape index (κ2) is 5.53. The van der Waals surface area contributed by atoms with Crippen molar-refractivity contribution in [1.82, 2.24) is 5.32 Å². The van der Waals surface area contributed by atoms with Crippen LogP contribution in [0.1, 0.15) is 15.9 Å². The van der Waals surface area contributed by atoms with Gasteiger partial charge in [-0.3, -0.25) is 4.79 Å². The van der Waals surface area contributed by atoms with Crippen molar-refractivity contribution in [2.24, 2.45) is 5.73 Å². The predicted molar refractivity (Wildman–Crippen MR) is 61.7 cm³/mol. The lowest BCUT2D eigenvalue weighted by atomic mass is 10.1. The van der Waals surface area contributed by atoms with Crippen LogP contribution in [0.4, 0.5) is 0 Å². The lowest BCUT2D eigenvalue weighted by molar-refractivity contribution is 0.0957. The van der Waals surface area contributed by atoms with E-state index in [2.05, 4.69) is 11.9 Å². The summed E-state index contributed by atoms with van der Waals surface area (Å²) in [4.78, 5) is 11.5. The van der Waals surface area contributed by atoms with E-state index in [1.807, 2.05) is 12.1 Å². The van der Waals surface area contributed by atoms with Crippen molar-refractivity contribution in [3.05, 3.63) is 47.0 Å². The second-order valence-corrected chi connectivity index (χ2v) is 3.64. The number of nitrogens with two attached hydrogens (primary N) is 1. The maximum Gasteiger partial charge on any atom is 0.251 e. The molecule has 1 aromatic rings. The number of carbonyl (C=O) groups excluding carboxylic acids is 1. The smallest absolute Gasteiger partial charge is 0.251 e. The van der Waals surface area contributed by atoms with Crippen molar-refractivity contribution in [3.8, 4) is 0 Å². The predicted octanol–water partition coefficient (Wildman–Crippen LogP) is 1.63. The van der Waals surface area contributed by atoms with Crippen molar-refractivity contribution in [1.29, 1.82) is 0 Å². The Labute approximate surface area is 93.9 Å². The minimum atomic E-state index is -0.166. The van der Waals surface area contributed by atoms with Crippen LogP contribution >= 0.6 is 11.6 Å². The summed E-state index contributed by atoms with van der Waals surface area (Å²) in [7, 11) is 0. The first-order chi connectivity index (χ1) is 7.13. The molecule has 0 aliphatic heterocycles. The van der Waals surface area contributed by atoms with Gasteiger partial charge in [-0.25, -0.2) is 0 Å². The van der Waals surface area contributed by atoms with Crippen LogP contribution < -0.4 is 11.1 Å². The molecular formula is C11H13ClN2O. The largest absolute Gasteiger partial charge is 0.347 e. The number of amides is 1. The summed E-state index contributed by atoms with van der Waals surface area (Å²) >= 11 is 5.53. The standard InChI is InChI=1S/C11H13ClN2O/c1-8(12)7-14-11(15)10-4-2-9(6-13)3-5-10/h2-5H,1,6-7,13H2,(H,14,15). The van der Waals surface area contributed by atoms with Crippen LogP contribution in [0.25, 0.3) is 0 Å². The van der Waals surface area contributed by atoms with E-state index >= 15 is 0 Å². The van der Waals surface area contributed by atoms with Gasteiger partial charge in [0.15, 0.2) is 0 Å². The molecule has 0 spiro atoms.